The lowest BCUT2D eigenvalue weighted by atomic mass is 9.60. The van der Waals surface area contributed by atoms with Crippen molar-refractivity contribution in [2.75, 3.05) is 6.54 Å². The van der Waals surface area contributed by atoms with Gasteiger partial charge in [0.2, 0.25) is 0 Å². The normalized spacial score (nSPS) is 25.4. The summed E-state index contributed by atoms with van der Waals surface area (Å²) in [6.07, 6.45) is 2.25. The first kappa shape index (κ1) is 25.6. The second-order valence-electron chi connectivity index (χ2n) is 10.0. The molecular formula is C28H30F2N4O2. The monoisotopic (exact) mass is 492 g/mol. The number of fused-ring (bicyclic) bond motifs is 2. The van der Waals surface area contributed by atoms with Crippen molar-refractivity contribution in [3.63, 3.8) is 0 Å². The van der Waals surface area contributed by atoms with Crippen LogP contribution in [0.4, 0.5) is 8.78 Å². The summed E-state index contributed by atoms with van der Waals surface area (Å²) < 4.78 is 29.2. The fourth-order valence-corrected chi connectivity index (χ4v) is 5.61. The van der Waals surface area contributed by atoms with Gasteiger partial charge in [0, 0.05) is 6.54 Å². The quantitative estimate of drug-likeness (QED) is 0.560. The molecule has 8 heteroatoms. The highest BCUT2D eigenvalue weighted by molar-refractivity contribution is 5.92. The Balaban J connectivity index is 1.82. The molecule has 6 nitrogen and oxygen atoms in total. The number of amides is 1. The molecule has 1 aliphatic carbocycles. The van der Waals surface area contributed by atoms with Gasteiger partial charge in [-0.3, -0.25) is 4.79 Å². The lowest BCUT2D eigenvalue weighted by Crippen LogP contribution is -2.43. The first-order valence-electron chi connectivity index (χ1n) is 11.9. The summed E-state index contributed by atoms with van der Waals surface area (Å²) in [5.74, 6) is -1.97. The average molecular weight is 493 g/mol. The van der Waals surface area contributed by atoms with E-state index in [1.54, 1.807) is 25.1 Å². The highest BCUT2D eigenvalue weighted by Crippen LogP contribution is 2.62. The molecule has 3 atom stereocenters. The van der Waals surface area contributed by atoms with Crippen molar-refractivity contribution in [2.45, 2.75) is 45.1 Å². The van der Waals surface area contributed by atoms with E-state index < -0.39 is 34.5 Å². The highest BCUT2D eigenvalue weighted by Gasteiger charge is 2.59. The number of nitrogens with one attached hydrogen (secondary N) is 1. The number of nitrogens with zero attached hydrogens (tertiary/aromatic N) is 3. The number of aliphatic hydroxyl groups excluding tert-OH is 1. The number of aromatic nitrogens is 1. The Hall–Kier alpha value is -3.52. The molecule has 2 N–H and O–H groups in total. The van der Waals surface area contributed by atoms with E-state index in [1.165, 1.54) is 18.2 Å². The fourth-order valence-electron chi connectivity index (χ4n) is 5.61. The molecule has 188 valence electrons. The molecule has 4 rings (SSSR count). The average Bonchev–Trinajstić information content (AvgIpc) is 3.12. The number of pyridine rings is 1. The zero-order valence-electron chi connectivity index (χ0n) is 20.7. The van der Waals surface area contributed by atoms with Gasteiger partial charge in [0.25, 0.3) is 5.91 Å². The molecule has 1 aromatic carbocycles. The number of rotatable bonds is 5. The maximum atomic E-state index is 14.6. The highest BCUT2D eigenvalue weighted by atomic mass is 19.1. The minimum absolute atomic E-state index is 0.0365. The van der Waals surface area contributed by atoms with Gasteiger partial charge >= 0.3 is 0 Å². The van der Waals surface area contributed by atoms with Crippen LogP contribution in [0.3, 0.4) is 0 Å². The first-order chi connectivity index (χ1) is 17.0. The molecule has 1 aliphatic heterocycles. The molecule has 0 spiro atoms. The first-order valence-corrected chi connectivity index (χ1v) is 11.9. The van der Waals surface area contributed by atoms with Crippen LogP contribution >= 0.6 is 0 Å². The van der Waals surface area contributed by atoms with Gasteiger partial charge in [-0.1, -0.05) is 39.1 Å². The molecule has 1 aromatic heterocycles. The Kier molecular flexibility index (Phi) is 6.75. The Labute approximate surface area is 209 Å². The second kappa shape index (κ2) is 9.50. The third kappa shape index (κ3) is 4.19. The van der Waals surface area contributed by atoms with Gasteiger partial charge in [-0.05, 0) is 67.0 Å². The topological polar surface area (TPSA) is 86.9 Å². The fraction of sp³-hybridized carbons (Fsp3) is 0.357. The summed E-state index contributed by atoms with van der Waals surface area (Å²) in [6.45, 7) is 14.3. The largest absolute Gasteiger partial charge is 0.392 e. The Morgan fingerprint density at radius 1 is 1.17 bits per heavy atom. The zero-order valence-corrected chi connectivity index (χ0v) is 20.7. The maximum Gasteiger partial charge on any atom is 0.269 e. The van der Waals surface area contributed by atoms with Crippen LogP contribution in [0.5, 0.6) is 0 Å². The Morgan fingerprint density at radius 2 is 1.83 bits per heavy atom. The number of allylic oxidation sites excluding steroid dienone is 3. The smallest absolute Gasteiger partial charge is 0.269 e. The SMILES string of the molecule is C=C1/C=C(/c2c(F)cccc2F)N=NC(=C)C2(c3cccc(C(=O)NC[C@H](C)O)n3)CC[C@H]1C2(C)C. The van der Waals surface area contributed by atoms with E-state index in [-0.39, 0.29) is 29.4 Å². The zero-order chi connectivity index (χ0) is 26.3. The van der Waals surface area contributed by atoms with Gasteiger partial charge < -0.3 is 10.4 Å². The third-order valence-electron chi connectivity index (χ3n) is 7.52. The predicted molar refractivity (Wildman–Crippen MR) is 134 cm³/mol. The number of aliphatic hydroxyl groups is 1. The van der Waals surface area contributed by atoms with E-state index in [9.17, 15) is 18.7 Å². The summed E-state index contributed by atoms with van der Waals surface area (Å²) in [7, 11) is 0. The summed E-state index contributed by atoms with van der Waals surface area (Å²) >= 11 is 0. The van der Waals surface area contributed by atoms with Crippen LogP contribution in [-0.4, -0.2) is 28.6 Å². The number of hydrogen-bond donors (Lipinski definition) is 2. The minimum atomic E-state index is -0.804. The van der Waals surface area contributed by atoms with Crippen LogP contribution < -0.4 is 5.32 Å². The molecule has 1 amide bonds. The number of carbonyl (C=O) groups is 1. The molecule has 1 unspecified atom stereocenters. The predicted octanol–water partition coefficient (Wildman–Crippen LogP) is 5.72. The van der Waals surface area contributed by atoms with Crippen molar-refractivity contribution in [3.05, 3.63) is 95.5 Å². The Bertz CT molecular complexity index is 1280. The summed E-state index contributed by atoms with van der Waals surface area (Å²) in [5.41, 5.74) is 0.336. The molecule has 2 aromatic rings. The van der Waals surface area contributed by atoms with Gasteiger partial charge in [0.05, 0.1) is 34.2 Å². The number of carbonyl (C=O) groups excluding carboxylic acids is 1. The lowest BCUT2D eigenvalue weighted by Gasteiger charge is -2.43. The minimum Gasteiger partial charge on any atom is -0.392 e. The van der Waals surface area contributed by atoms with Gasteiger partial charge in [-0.15, -0.1) is 0 Å². The summed E-state index contributed by atoms with van der Waals surface area (Å²) in [6, 6.07) is 8.84. The van der Waals surface area contributed by atoms with Crippen LogP contribution in [0.2, 0.25) is 0 Å². The van der Waals surface area contributed by atoms with E-state index in [2.05, 4.69) is 42.6 Å². The molecule has 2 bridgehead atoms. The molecule has 1 saturated carbocycles. The van der Waals surface area contributed by atoms with Crippen molar-refractivity contribution in [2.24, 2.45) is 21.6 Å². The van der Waals surface area contributed by atoms with Crippen LogP contribution in [0, 0.1) is 23.0 Å². The summed E-state index contributed by atoms with van der Waals surface area (Å²) in [5, 5.41) is 20.8. The number of hydrogen-bond acceptors (Lipinski definition) is 5. The van der Waals surface area contributed by atoms with Crippen molar-refractivity contribution in [1.29, 1.82) is 0 Å². The molecule has 36 heavy (non-hydrogen) atoms. The lowest BCUT2D eigenvalue weighted by molar-refractivity contribution is 0.0917. The number of benzene rings is 1. The van der Waals surface area contributed by atoms with E-state index in [4.69, 9.17) is 4.98 Å². The van der Waals surface area contributed by atoms with Crippen molar-refractivity contribution in [3.8, 4) is 0 Å². The van der Waals surface area contributed by atoms with Gasteiger partial charge in [0.1, 0.15) is 17.3 Å². The molecule has 1 fully saturated rings. The third-order valence-corrected chi connectivity index (χ3v) is 7.52. The molecular weight excluding hydrogens is 462 g/mol. The van der Waals surface area contributed by atoms with Crippen molar-refractivity contribution < 1.29 is 18.7 Å². The van der Waals surface area contributed by atoms with E-state index in [1.807, 2.05) is 6.07 Å². The van der Waals surface area contributed by atoms with Crippen molar-refractivity contribution in [1.82, 2.24) is 10.3 Å². The van der Waals surface area contributed by atoms with E-state index in [0.29, 0.717) is 29.8 Å². The van der Waals surface area contributed by atoms with Crippen LogP contribution in [0.15, 0.2) is 77.1 Å². The number of azo groups is 1. The van der Waals surface area contributed by atoms with Crippen LogP contribution in [-0.2, 0) is 5.41 Å². The standard InChI is InChI=1S/C28H30F2N4O2/c1-16-14-23(25-20(29)8-6-9-21(25)30)34-33-18(3)28(13-12-19(16)27(28,4)5)24-11-7-10-22(32-24)26(36)31-15-17(2)35/h6-11,14,17,19,35H,1,3,12-13,15H2,2,4-5H3,(H,31,36)/b23-14-,34-33?/t17-,19+,28?/m0/s1. The summed E-state index contributed by atoms with van der Waals surface area (Å²) in [4.78, 5) is 17.4. The van der Waals surface area contributed by atoms with Crippen molar-refractivity contribution >= 4 is 11.6 Å². The second-order valence-corrected chi connectivity index (χ2v) is 10.0. The van der Waals surface area contributed by atoms with Gasteiger partial charge in [0.15, 0.2) is 0 Å². The van der Waals surface area contributed by atoms with E-state index in [0.717, 1.165) is 0 Å². The maximum absolute atomic E-state index is 14.6. The van der Waals surface area contributed by atoms with Crippen LogP contribution in [0.1, 0.15) is 55.4 Å². The Morgan fingerprint density at radius 3 is 2.50 bits per heavy atom. The van der Waals surface area contributed by atoms with Crippen LogP contribution in [0.25, 0.3) is 5.70 Å². The van der Waals surface area contributed by atoms with E-state index >= 15 is 0 Å². The molecule has 0 radical (unpaired) electrons. The van der Waals surface area contributed by atoms with Gasteiger partial charge in [-0.2, -0.15) is 10.2 Å². The molecule has 2 aliphatic rings. The number of halogens is 2. The van der Waals surface area contributed by atoms with Gasteiger partial charge in [-0.25, -0.2) is 13.8 Å². The molecule has 2 heterocycles. The molecule has 0 saturated heterocycles.